The minimum absolute atomic E-state index is 0.0852. The third-order valence-electron chi connectivity index (χ3n) is 4.85. The second-order valence-corrected chi connectivity index (χ2v) is 6.75. The Morgan fingerprint density at radius 3 is 2.50 bits per heavy atom. The summed E-state index contributed by atoms with van der Waals surface area (Å²) in [4.78, 5) is 16.0. The second-order valence-electron chi connectivity index (χ2n) is 6.75. The van der Waals surface area contributed by atoms with E-state index in [1.165, 1.54) is 0 Å². The molecule has 0 aliphatic heterocycles. The smallest absolute Gasteiger partial charge is 0.262 e. The van der Waals surface area contributed by atoms with Crippen LogP contribution in [0.25, 0.3) is 27.9 Å². The van der Waals surface area contributed by atoms with E-state index in [1.807, 2.05) is 79.7 Å². The zero-order valence-electron chi connectivity index (χ0n) is 15.4. The molecule has 28 heavy (non-hydrogen) atoms. The highest BCUT2D eigenvalue weighted by Gasteiger charge is 2.14. The number of carbonyl (C=O) groups is 1. The molecule has 0 saturated heterocycles. The van der Waals surface area contributed by atoms with Crippen LogP contribution in [0.2, 0.25) is 0 Å². The molecule has 0 aliphatic rings. The molecule has 136 valence electrons. The van der Waals surface area contributed by atoms with Gasteiger partial charge in [0.2, 0.25) is 0 Å². The highest BCUT2D eigenvalue weighted by molar-refractivity contribution is 6.08. The molecule has 3 aromatic carbocycles. The number of nitrogens with zero attached hydrogens (tertiary/aromatic N) is 1. The van der Waals surface area contributed by atoms with Crippen molar-refractivity contribution in [2.45, 2.75) is 13.0 Å². The van der Waals surface area contributed by atoms with Gasteiger partial charge >= 0.3 is 0 Å². The Morgan fingerprint density at radius 2 is 1.71 bits per heavy atom. The van der Waals surface area contributed by atoms with Gasteiger partial charge in [-0.3, -0.25) is 4.79 Å². The number of para-hydroxylation sites is 1. The van der Waals surface area contributed by atoms with E-state index >= 15 is 0 Å². The summed E-state index contributed by atoms with van der Waals surface area (Å²) in [6.45, 7) is 1.90. The number of aromatic amines is 1. The van der Waals surface area contributed by atoms with E-state index in [-0.39, 0.29) is 17.5 Å². The van der Waals surface area contributed by atoms with E-state index < -0.39 is 0 Å². The lowest BCUT2D eigenvalue weighted by molar-refractivity contribution is -0.117. The molecule has 0 aliphatic carbocycles. The average molecular weight is 365 g/mol. The summed E-state index contributed by atoms with van der Waals surface area (Å²) < 4.78 is 0. The molecule has 0 saturated carbocycles. The van der Waals surface area contributed by atoms with Crippen LogP contribution >= 0.6 is 0 Å². The van der Waals surface area contributed by atoms with Gasteiger partial charge in [0.25, 0.3) is 5.91 Å². The monoisotopic (exact) mass is 365 g/mol. The molecular weight excluding hydrogens is 346 g/mol. The maximum atomic E-state index is 12.6. The van der Waals surface area contributed by atoms with Crippen LogP contribution in [0.5, 0.6) is 0 Å². The fourth-order valence-corrected chi connectivity index (χ4v) is 3.37. The Balaban J connectivity index is 1.63. The van der Waals surface area contributed by atoms with Gasteiger partial charge in [-0.15, -0.1) is 0 Å². The molecule has 1 aromatic heterocycles. The van der Waals surface area contributed by atoms with Crippen molar-refractivity contribution in [3.05, 3.63) is 89.5 Å². The van der Waals surface area contributed by atoms with Gasteiger partial charge in [-0.2, -0.15) is 5.26 Å². The molecule has 1 heterocycles. The van der Waals surface area contributed by atoms with Crippen molar-refractivity contribution in [3.8, 4) is 6.07 Å². The van der Waals surface area contributed by atoms with Crippen molar-refractivity contribution in [2.75, 3.05) is 0 Å². The molecule has 4 heteroatoms. The fraction of sp³-hybridized carbons (Fsp3) is 0.0833. The van der Waals surface area contributed by atoms with E-state index in [4.69, 9.17) is 0 Å². The molecule has 0 bridgehead atoms. The SMILES string of the molecule is C[C@H](NC(=O)/C(C#N)=C/c1ccc2[nH]c3ccccc3c2c1)c1ccccc1. The molecule has 4 rings (SSSR count). The first-order valence-corrected chi connectivity index (χ1v) is 9.14. The fourth-order valence-electron chi connectivity index (χ4n) is 3.37. The first-order chi connectivity index (χ1) is 13.7. The Hall–Kier alpha value is -3.84. The van der Waals surface area contributed by atoms with Crippen LogP contribution < -0.4 is 5.32 Å². The molecule has 1 amide bonds. The largest absolute Gasteiger partial charge is 0.355 e. The number of benzene rings is 3. The lowest BCUT2D eigenvalue weighted by atomic mass is 10.1. The average Bonchev–Trinajstić information content (AvgIpc) is 3.10. The molecule has 0 spiro atoms. The minimum atomic E-state index is -0.377. The highest BCUT2D eigenvalue weighted by atomic mass is 16.1. The van der Waals surface area contributed by atoms with Gasteiger partial charge in [0, 0.05) is 21.8 Å². The van der Waals surface area contributed by atoms with Crippen molar-refractivity contribution in [3.63, 3.8) is 0 Å². The maximum absolute atomic E-state index is 12.6. The number of carbonyl (C=O) groups excluding carboxylic acids is 1. The van der Waals surface area contributed by atoms with Crippen LogP contribution in [0.15, 0.2) is 78.4 Å². The summed E-state index contributed by atoms with van der Waals surface area (Å²) in [7, 11) is 0. The molecule has 1 atom stereocenters. The maximum Gasteiger partial charge on any atom is 0.262 e. The zero-order valence-corrected chi connectivity index (χ0v) is 15.4. The summed E-state index contributed by atoms with van der Waals surface area (Å²) in [6, 6.07) is 25.5. The van der Waals surface area contributed by atoms with Gasteiger partial charge in [-0.25, -0.2) is 0 Å². The molecule has 0 fully saturated rings. The van der Waals surface area contributed by atoms with Gasteiger partial charge < -0.3 is 10.3 Å². The van der Waals surface area contributed by atoms with Crippen molar-refractivity contribution < 1.29 is 4.79 Å². The van der Waals surface area contributed by atoms with Crippen LogP contribution in [-0.4, -0.2) is 10.9 Å². The third-order valence-corrected chi connectivity index (χ3v) is 4.85. The Bertz CT molecular complexity index is 1230. The van der Waals surface area contributed by atoms with Crippen molar-refractivity contribution in [1.82, 2.24) is 10.3 Å². The number of amides is 1. The van der Waals surface area contributed by atoms with Crippen LogP contribution in [0.1, 0.15) is 24.1 Å². The lowest BCUT2D eigenvalue weighted by Crippen LogP contribution is -2.27. The minimum Gasteiger partial charge on any atom is -0.355 e. The summed E-state index contributed by atoms with van der Waals surface area (Å²) in [6.07, 6.45) is 1.63. The number of hydrogen-bond donors (Lipinski definition) is 2. The number of nitriles is 1. The van der Waals surface area contributed by atoms with Gasteiger partial charge in [-0.05, 0) is 42.3 Å². The second kappa shape index (κ2) is 7.42. The zero-order chi connectivity index (χ0) is 19.5. The third kappa shape index (κ3) is 3.38. The highest BCUT2D eigenvalue weighted by Crippen LogP contribution is 2.26. The van der Waals surface area contributed by atoms with E-state index in [0.29, 0.717) is 0 Å². The van der Waals surface area contributed by atoms with Gasteiger partial charge in [0.05, 0.1) is 6.04 Å². The predicted molar refractivity (Wildman–Crippen MR) is 112 cm³/mol. The molecule has 4 aromatic rings. The Labute approximate surface area is 163 Å². The molecule has 0 radical (unpaired) electrons. The number of fused-ring (bicyclic) bond motifs is 3. The van der Waals surface area contributed by atoms with Gasteiger partial charge in [-0.1, -0.05) is 54.6 Å². The Morgan fingerprint density at radius 1 is 1.00 bits per heavy atom. The normalized spacial score (nSPS) is 12.6. The van der Waals surface area contributed by atoms with Crippen molar-refractivity contribution in [2.24, 2.45) is 0 Å². The lowest BCUT2D eigenvalue weighted by Gasteiger charge is -2.13. The van der Waals surface area contributed by atoms with Gasteiger partial charge in [0.1, 0.15) is 11.6 Å². The molecule has 0 unspecified atom stereocenters. The number of hydrogen-bond acceptors (Lipinski definition) is 2. The van der Waals surface area contributed by atoms with Crippen LogP contribution in [0.4, 0.5) is 0 Å². The van der Waals surface area contributed by atoms with Crippen LogP contribution in [0.3, 0.4) is 0 Å². The number of aromatic nitrogens is 1. The van der Waals surface area contributed by atoms with Crippen molar-refractivity contribution in [1.29, 1.82) is 5.26 Å². The van der Waals surface area contributed by atoms with E-state index in [1.54, 1.807) is 6.08 Å². The summed E-state index contributed by atoms with van der Waals surface area (Å²) in [5.74, 6) is -0.377. The van der Waals surface area contributed by atoms with E-state index in [0.717, 1.165) is 32.9 Å². The predicted octanol–water partition coefficient (Wildman–Crippen LogP) is 5.11. The first-order valence-electron chi connectivity index (χ1n) is 9.14. The summed E-state index contributed by atoms with van der Waals surface area (Å²) >= 11 is 0. The number of rotatable bonds is 4. The van der Waals surface area contributed by atoms with Crippen LogP contribution in [-0.2, 0) is 4.79 Å². The quantitative estimate of drug-likeness (QED) is 0.390. The van der Waals surface area contributed by atoms with Crippen LogP contribution in [0, 0.1) is 11.3 Å². The van der Waals surface area contributed by atoms with Crippen molar-refractivity contribution >= 4 is 33.8 Å². The molecule has 2 N–H and O–H groups in total. The summed E-state index contributed by atoms with van der Waals surface area (Å²) in [5, 5.41) is 14.6. The van der Waals surface area contributed by atoms with Gasteiger partial charge in [0.15, 0.2) is 0 Å². The topological polar surface area (TPSA) is 68.7 Å². The molecule has 4 nitrogen and oxygen atoms in total. The number of H-pyrrole nitrogens is 1. The first kappa shape index (κ1) is 17.6. The van der Waals surface area contributed by atoms with E-state index in [9.17, 15) is 10.1 Å². The molecular formula is C24H19N3O. The summed E-state index contributed by atoms with van der Waals surface area (Å²) in [5.41, 5.74) is 3.99. The number of nitrogens with one attached hydrogen (secondary N) is 2. The van der Waals surface area contributed by atoms with E-state index in [2.05, 4.69) is 16.4 Å². The standard InChI is InChI=1S/C24H19N3O/c1-16(18-7-3-2-4-8-18)26-24(28)19(15-25)13-17-11-12-23-21(14-17)20-9-5-6-10-22(20)27-23/h2-14,16,27H,1H3,(H,26,28)/b19-13+/t16-/m0/s1. The Kier molecular flexibility index (Phi) is 4.65.